The van der Waals surface area contributed by atoms with E-state index in [-0.39, 0.29) is 25.7 Å². The van der Waals surface area contributed by atoms with Gasteiger partial charge in [-0.25, -0.2) is 9.13 Å². The molecule has 0 aliphatic rings. The minimum absolute atomic E-state index is 0.103. The van der Waals surface area contributed by atoms with Gasteiger partial charge in [0.05, 0.1) is 26.4 Å². The number of ether oxygens (including phenoxy) is 4. The number of phosphoric acid groups is 2. The lowest BCUT2D eigenvalue weighted by Gasteiger charge is -2.21. The molecule has 0 spiro atoms. The predicted molar refractivity (Wildman–Crippen MR) is 363 cm³/mol. The Hall–Kier alpha value is -1.94. The van der Waals surface area contributed by atoms with Crippen molar-refractivity contribution in [2.45, 2.75) is 369 Å². The molecule has 0 saturated heterocycles. The summed E-state index contributed by atoms with van der Waals surface area (Å²) < 4.78 is 68.3. The minimum atomic E-state index is -4.95. The second-order valence-corrected chi connectivity index (χ2v) is 30.4. The number of rotatable bonds is 68. The smallest absolute Gasteiger partial charge is 0.462 e. The van der Waals surface area contributed by atoms with Crippen molar-refractivity contribution in [1.29, 1.82) is 0 Å². The molecule has 0 aromatic carbocycles. The van der Waals surface area contributed by atoms with Gasteiger partial charge >= 0.3 is 39.5 Å². The number of unbranched alkanes of at least 4 members (excludes halogenated alkanes) is 34. The molecule has 3 N–H and O–H groups in total. The zero-order valence-corrected chi connectivity index (χ0v) is 60.6. The number of aliphatic hydroxyl groups excluding tert-OH is 1. The number of hydrogen-bond donors (Lipinski definition) is 3. The van der Waals surface area contributed by atoms with Gasteiger partial charge in [-0.15, -0.1) is 0 Å². The molecule has 0 heterocycles. The van der Waals surface area contributed by atoms with E-state index in [0.717, 1.165) is 114 Å². The number of carbonyl (C=O) groups is 4. The van der Waals surface area contributed by atoms with E-state index >= 15 is 0 Å². The maximum Gasteiger partial charge on any atom is 0.472 e. The summed E-state index contributed by atoms with van der Waals surface area (Å²) in [6.45, 7) is 14.1. The Labute approximate surface area is 549 Å². The highest BCUT2D eigenvalue weighted by Gasteiger charge is 2.30. The largest absolute Gasteiger partial charge is 0.472 e. The molecule has 0 amide bonds. The number of phosphoric ester groups is 2. The molecule has 90 heavy (non-hydrogen) atoms. The third-order valence-electron chi connectivity index (χ3n) is 16.3. The van der Waals surface area contributed by atoms with Crippen LogP contribution in [0.4, 0.5) is 0 Å². The zero-order valence-electron chi connectivity index (χ0n) is 58.8. The van der Waals surface area contributed by atoms with Crippen LogP contribution in [0.15, 0.2) is 0 Å². The van der Waals surface area contributed by atoms with E-state index in [1.165, 1.54) is 148 Å². The predicted octanol–water partition coefficient (Wildman–Crippen LogP) is 20.1. The van der Waals surface area contributed by atoms with Crippen LogP contribution in [0.1, 0.15) is 351 Å². The highest BCUT2D eigenvalue weighted by molar-refractivity contribution is 7.47. The van der Waals surface area contributed by atoms with E-state index in [1.807, 2.05) is 0 Å². The molecule has 0 aromatic heterocycles. The minimum Gasteiger partial charge on any atom is -0.462 e. The van der Waals surface area contributed by atoms with Gasteiger partial charge in [0.1, 0.15) is 19.3 Å². The van der Waals surface area contributed by atoms with Crippen molar-refractivity contribution >= 4 is 39.5 Å². The molecule has 0 saturated carbocycles. The monoisotopic (exact) mass is 1320 g/mol. The van der Waals surface area contributed by atoms with Crippen LogP contribution in [-0.4, -0.2) is 96.7 Å². The number of aliphatic hydroxyl groups is 1. The van der Waals surface area contributed by atoms with Gasteiger partial charge in [0.25, 0.3) is 0 Å². The molecule has 17 nitrogen and oxygen atoms in total. The summed E-state index contributed by atoms with van der Waals surface area (Å²) in [6.07, 6.45) is 43.2. The Balaban J connectivity index is 5.25. The van der Waals surface area contributed by atoms with Crippen molar-refractivity contribution in [3.8, 4) is 0 Å². The van der Waals surface area contributed by atoms with Crippen molar-refractivity contribution in [2.75, 3.05) is 39.6 Å². The van der Waals surface area contributed by atoms with Crippen LogP contribution in [0.3, 0.4) is 0 Å². The van der Waals surface area contributed by atoms with Gasteiger partial charge in [0.2, 0.25) is 0 Å². The third kappa shape index (κ3) is 64.8. The summed E-state index contributed by atoms with van der Waals surface area (Å²) in [5.41, 5.74) is 0. The van der Waals surface area contributed by atoms with E-state index < -0.39 is 97.5 Å². The van der Waals surface area contributed by atoms with Crippen LogP contribution < -0.4 is 0 Å². The number of esters is 4. The van der Waals surface area contributed by atoms with E-state index in [0.29, 0.717) is 31.6 Å². The molecule has 0 aliphatic heterocycles. The first-order valence-corrected chi connectivity index (χ1v) is 39.7. The summed E-state index contributed by atoms with van der Waals surface area (Å²) in [4.78, 5) is 72.6. The quantitative estimate of drug-likeness (QED) is 0.0222. The molecule has 0 bridgehead atoms. The van der Waals surface area contributed by atoms with E-state index in [9.17, 15) is 43.2 Å². The molecule has 0 aliphatic carbocycles. The SMILES string of the molecule is CC(C)CCCCCCCCCCCCCCCC(=O)O[C@H](COC(=O)CCCCCCCCCCCCC(C)C)COP(=O)(O)OCC(O)COP(=O)(O)OC[C@@H](COC(=O)CCCCCCCCCC(C)C)OC(=O)CCCCCCCCCCC(C)C. The average Bonchev–Trinajstić information content (AvgIpc) is 2.84. The second kappa shape index (κ2) is 60.7. The van der Waals surface area contributed by atoms with Crippen molar-refractivity contribution < 1.29 is 80.2 Å². The summed E-state index contributed by atoms with van der Waals surface area (Å²) in [5.74, 6) is 0.839. The zero-order chi connectivity index (χ0) is 66.8. The van der Waals surface area contributed by atoms with Gasteiger partial charge in [0.15, 0.2) is 12.2 Å². The number of carbonyl (C=O) groups excluding carboxylic acids is 4. The summed E-state index contributed by atoms with van der Waals surface area (Å²) in [7, 11) is -9.90. The molecule has 0 rings (SSSR count). The first-order chi connectivity index (χ1) is 43.1. The van der Waals surface area contributed by atoms with E-state index in [2.05, 4.69) is 55.4 Å². The third-order valence-corrected chi connectivity index (χ3v) is 18.2. The molecule has 3 unspecified atom stereocenters. The Morgan fingerprint density at radius 1 is 0.278 bits per heavy atom. The van der Waals surface area contributed by atoms with Crippen molar-refractivity contribution in [2.24, 2.45) is 23.7 Å². The highest BCUT2D eigenvalue weighted by atomic mass is 31.2. The van der Waals surface area contributed by atoms with Crippen LogP contribution in [-0.2, 0) is 65.4 Å². The van der Waals surface area contributed by atoms with Crippen molar-refractivity contribution in [3.05, 3.63) is 0 Å². The summed E-state index contributed by atoms with van der Waals surface area (Å²) in [5, 5.41) is 10.6. The van der Waals surface area contributed by atoms with Gasteiger partial charge in [-0.1, -0.05) is 299 Å². The Morgan fingerprint density at radius 2 is 0.467 bits per heavy atom. The van der Waals surface area contributed by atoms with Crippen LogP contribution in [0, 0.1) is 23.7 Å². The van der Waals surface area contributed by atoms with Gasteiger partial charge in [-0.3, -0.25) is 37.3 Å². The Kier molecular flexibility index (Phi) is 59.4. The molecule has 0 radical (unpaired) electrons. The fraction of sp³-hybridized carbons (Fsp3) is 0.944. The first-order valence-electron chi connectivity index (χ1n) is 36.7. The molecular weight excluding hydrogens is 1190 g/mol. The van der Waals surface area contributed by atoms with Gasteiger partial charge in [-0.2, -0.15) is 0 Å². The molecule has 0 fully saturated rings. The fourth-order valence-corrected chi connectivity index (χ4v) is 12.2. The lowest BCUT2D eigenvalue weighted by Crippen LogP contribution is -2.30. The van der Waals surface area contributed by atoms with Crippen LogP contribution in [0.2, 0.25) is 0 Å². The van der Waals surface area contributed by atoms with E-state index in [1.54, 1.807) is 0 Å². The highest BCUT2D eigenvalue weighted by Crippen LogP contribution is 2.45. The summed E-state index contributed by atoms with van der Waals surface area (Å²) >= 11 is 0. The molecular formula is C71H138O17P2. The first kappa shape index (κ1) is 88.1. The number of hydrogen-bond acceptors (Lipinski definition) is 15. The standard InChI is InChI=1S/C71H138O17P2/c1-61(2)47-39-31-23-16-12-10-9-11-13-19-28-37-45-53-70(75)87-66(57-81-68(73)51-43-35-27-18-15-14-17-24-32-40-48-62(3)4)59-85-89(77,78)83-55-65(72)56-84-90(79,80)86-60-67(58-82-69(74)52-44-36-30-22-26-34-42-50-64(7)8)88-71(76)54-46-38-29-21-20-25-33-41-49-63(5)6/h61-67,72H,9-60H2,1-8H3,(H,77,78)(H,79,80)/t65?,66-,67-/m1/s1. The van der Waals surface area contributed by atoms with Gasteiger partial charge in [0, 0.05) is 25.7 Å². The van der Waals surface area contributed by atoms with Crippen LogP contribution in [0.5, 0.6) is 0 Å². The maximum absolute atomic E-state index is 13.0. The molecule has 534 valence electrons. The van der Waals surface area contributed by atoms with E-state index in [4.69, 9.17) is 37.0 Å². The van der Waals surface area contributed by atoms with Crippen molar-refractivity contribution in [1.82, 2.24) is 0 Å². The molecule has 0 aromatic rings. The Bertz CT molecular complexity index is 1780. The lowest BCUT2D eigenvalue weighted by molar-refractivity contribution is -0.161. The topological polar surface area (TPSA) is 237 Å². The molecule has 5 atom stereocenters. The Morgan fingerprint density at radius 3 is 0.689 bits per heavy atom. The van der Waals surface area contributed by atoms with Crippen molar-refractivity contribution in [3.63, 3.8) is 0 Å². The molecule has 19 heteroatoms. The second-order valence-electron chi connectivity index (χ2n) is 27.5. The summed E-state index contributed by atoms with van der Waals surface area (Å²) in [6, 6.07) is 0. The maximum atomic E-state index is 13.0. The average molecular weight is 1330 g/mol. The van der Waals surface area contributed by atoms with Gasteiger partial charge in [-0.05, 0) is 49.4 Å². The van der Waals surface area contributed by atoms with Crippen LogP contribution >= 0.6 is 15.6 Å². The lowest BCUT2D eigenvalue weighted by atomic mass is 10.0. The van der Waals surface area contributed by atoms with Gasteiger partial charge < -0.3 is 33.8 Å². The normalized spacial score (nSPS) is 14.3. The van der Waals surface area contributed by atoms with Crippen LogP contribution in [0.25, 0.3) is 0 Å². The fourth-order valence-electron chi connectivity index (χ4n) is 10.7.